The quantitative estimate of drug-likeness (QED) is 0.794. The predicted molar refractivity (Wildman–Crippen MR) is 81.7 cm³/mol. The Morgan fingerprint density at radius 3 is 2.95 bits per heavy atom. The van der Waals surface area contributed by atoms with Gasteiger partial charge in [-0.2, -0.15) is 0 Å². The van der Waals surface area contributed by atoms with Gasteiger partial charge in [-0.1, -0.05) is 18.2 Å². The van der Waals surface area contributed by atoms with Crippen LogP contribution in [0.25, 0.3) is 11.4 Å². The van der Waals surface area contributed by atoms with Crippen LogP contribution in [-0.2, 0) is 6.54 Å². The molecule has 2 aromatic rings. The van der Waals surface area contributed by atoms with Crippen LogP contribution in [0.15, 0.2) is 36.7 Å². The minimum absolute atomic E-state index is 0.212. The van der Waals surface area contributed by atoms with Crippen LogP contribution in [0.4, 0.5) is 0 Å². The molecule has 1 unspecified atom stereocenters. The topological polar surface area (TPSA) is 87.4 Å². The van der Waals surface area contributed by atoms with Gasteiger partial charge in [0.05, 0.1) is 17.7 Å². The molecule has 0 bridgehead atoms. The van der Waals surface area contributed by atoms with Gasteiger partial charge in [0.25, 0.3) is 0 Å². The van der Waals surface area contributed by atoms with Crippen molar-refractivity contribution in [2.75, 3.05) is 13.1 Å². The Kier molecular flexibility index (Phi) is 3.96. The lowest BCUT2D eigenvalue weighted by Gasteiger charge is -2.33. The van der Waals surface area contributed by atoms with E-state index in [1.54, 1.807) is 36.7 Å². The lowest BCUT2D eigenvalue weighted by molar-refractivity contribution is 0.00106. The third kappa shape index (κ3) is 2.88. The first kappa shape index (κ1) is 14.7. The van der Waals surface area contributed by atoms with E-state index < -0.39 is 11.6 Å². The van der Waals surface area contributed by atoms with Crippen molar-refractivity contribution in [3.8, 4) is 11.4 Å². The number of nitrogens with one attached hydrogen (secondary N) is 1. The van der Waals surface area contributed by atoms with Crippen molar-refractivity contribution >= 4 is 5.97 Å². The van der Waals surface area contributed by atoms with Crippen molar-refractivity contribution in [2.24, 2.45) is 0 Å². The van der Waals surface area contributed by atoms with Crippen molar-refractivity contribution in [3.05, 3.63) is 42.2 Å². The summed E-state index contributed by atoms with van der Waals surface area (Å²) in [5, 5.41) is 23.2. The monoisotopic (exact) mass is 301 g/mol. The van der Waals surface area contributed by atoms with Crippen LogP contribution in [0, 0.1) is 0 Å². The summed E-state index contributed by atoms with van der Waals surface area (Å²) in [7, 11) is 0. The second-order valence-electron chi connectivity index (χ2n) is 5.73. The van der Waals surface area contributed by atoms with Crippen LogP contribution < -0.4 is 5.32 Å². The normalized spacial score (nSPS) is 21.7. The van der Waals surface area contributed by atoms with Gasteiger partial charge in [0.2, 0.25) is 0 Å². The number of aliphatic hydroxyl groups is 1. The third-order valence-electron chi connectivity index (χ3n) is 4.03. The molecule has 1 aliphatic rings. The van der Waals surface area contributed by atoms with Crippen LogP contribution >= 0.6 is 0 Å². The molecule has 1 aliphatic heterocycles. The maximum atomic E-state index is 11.4. The smallest absolute Gasteiger partial charge is 0.336 e. The molecule has 2 heterocycles. The minimum Gasteiger partial charge on any atom is -0.478 e. The summed E-state index contributed by atoms with van der Waals surface area (Å²) in [5.74, 6) is -0.416. The van der Waals surface area contributed by atoms with E-state index in [0.717, 1.165) is 19.4 Å². The number of β-amino-alcohol motifs (C(OH)–C–C–N with tert-alkyl or cyclic N) is 1. The van der Waals surface area contributed by atoms with Crippen molar-refractivity contribution in [1.29, 1.82) is 0 Å². The summed E-state index contributed by atoms with van der Waals surface area (Å²) >= 11 is 0. The average Bonchev–Trinajstić information content (AvgIpc) is 2.95. The van der Waals surface area contributed by atoms with Gasteiger partial charge in [-0.05, 0) is 25.5 Å². The Labute approximate surface area is 128 Å². The van der Waals surface area contributed by atoms with Crippen molar-refractivity contribution in [3.63, 3.8) is 0 Å². The molecule has 6 nitrogen and oxygen atoms in total. The molecule has 3 rings (SSSR count). The van der Waals surface area contributed by atoms with Gasteiger partial charge < -0.3 is 20.1 Å². The standard InChI is InChI=1S/C16H19N3O3/c20-15(21)13-5-2-1-4-12(13)14-18-8-9-19(14)11-16(22)6-3-7-17-10-16/h1-2,4-5,8-9,17,22H,3,6-7,10-11H2,(H,20,21). The number of piperidine rings is 1. The largest absolute Gasteiger partial charge is 0.478 e. The maximum Gasteiger partial charge on any atom is 0.336 e. The minimum atomic E-state index is -0.983. The van der Waals surface area contributed by atoms with Crippen LogP contribution in [0.5, 0.6) is 0 Å². The maximum absolute atomic E-state index is 11.4. The zero-order valence-electron chi connectivity index (χ0n) is 12.2. The van der Waals surface area contributed by atoms with Crippen molar-refractivity contribution < 1.29 is 15.0 Å². The summed E-state index contributed by atoms with van der Waals surface area (Å²) < 4.78 is 1.83. The van der Waals surface area contributed by atoms with Crippen molar-refractivity contribution in [1.82, 2.24) is 14.9 Å². The third-order valence-corrected chi connectivity index (χ3v) is 4.03. The van der Waals surface area contributed by atoms with Crippen LogP contribution in [-0.4, -0.2) is 44.4 Å². The zero-order valence-corrected chi connectivity index (χ0v) is 12.2. The molecule has 116 valence electrons. The Balaban J connectivity index is 1.94. The zero-order chi connectivity index (χ0) is 15.6. The lowest BCUT2D eigenvalue weighted by Crippen LogP contribution is -2.48. The summed E-state index contributed by atoms with van der Waals surface area (Å²) in [6.07, 6.45) is 5.05. The molecule has 6 heteroatoms. The van der Waals surface area contributed by atoms with Gasteiger partial charge in [0, 0.05) is 24.5 Å². The van der Waals surface area contributed by atoms with Gasteiger partial charge in [-0.25, -0.2) is 9.78 Å². The molecule has 0 radical (unpaired) electrons. The summed E-state index contributed by atoms with van der Waals surface area (Å²) in [6, 6.07) is 6.79. The van der Waals surface area contributed by atoms with Crippen molar-refractivity contribution in [2.45, 2.75) is 25.0 Å². The van der Waals surface area contributed by atoms with E-state index in [4.69, 9.17) is 0 Å². The van der Waals surface area contributed by atoms with E-state index in [9.17, 15) is 15.0 Å². The van der Waals surface area contributed by atoms with E-state index in [1.165, 1.54) is 0 Å². The highest BCUT2D eigenvalue weighted by atomic mass is 16.4. The Bertz CT molecular complexity index is 675. The predicted octanol–water partition coefficient (Wildman–Crippen LogP) is 1.36. The number of imidazole rings is 1. The number of carbonyl (C=O) groups is 1. The number of hydrogen-bond acceptors (Lipinski definition) is 4. The highest BCUT2D eigenvalue weighted by molar-refractivity contribution is 5.95. The summed E-state index contributed by atoms with van der Waals surface area (Å²) in [6.45, 7) is 1.84. The number of nitrogens with zero attached hydrogens (tertiary/aromatic N) is 2. The molecular weight excluding hydrogens is 282 g/mol. The number of aromatic nitrogens is 2. The Morgan fingerprint density at radius 2 is 2.23 bits per heavy atom. The van der Waals surface area contributed by atoms with Gasteiger partial charge in [-0.3, -0.25) is 0 Å². The molecule has 0 spiro atoms. The summed E-state index contributed by atoms with van der Waals surface area (Å²) in [4.78, 5) is 15.7. The summed E-state index contributed by atoms with van der Waals surface area (Å²) in [5.41, 5.74) is -0.0534. The number of aromatic carboxylic acids is 1. The molecular formula is C16H19N3O3. The fourth-order valence-corrected chi connectivity index (χ4v) is 2.95. The average molecular weight is 301 g/mol. The van der Waals surface area contributed by atoms with Gasteiger partial charge in [-0.15, -0.1) is 0 Å². The fourth-order valence-electron chi connectivity index (χ4n) is 2.95. The molecule has 1 aromatic heterocycles. The molecule has 0 amide bonds. The molecule has 1 aromatic carbocycles. The van der Waals surface area contributed by atoms with E-state index in [1.807, 2.05) is 4.57 Å². The molecule has 22 heavy (non-hydrogen) atoms. The first-order chi connectivity index (χ1) is 10.6. The molecule has 0 saturated carbocycles. The fraction of sp³-hybridized carbons (Fsp3) is 0.375. The van der Waals surface area contributed by atoms with Gasteiger partial charge in [0.1, 0.15) is 5.82 Å². The second kappa shape index (κ2) is 5.90. The van der Waals surface area contributed by atoms with Crippen LogP contribution in [0.3, 0.4) is 0 Å². The van der Waals surface area contributed by atoms with Crippen LogP contribution in [0.1, 0.15) is 23.2 Å². The highest BCUT2D eigenvalue weighted by Crippen LogP contribution is 2.25. The van der Waals surface area contributed by atoms with Gasteiger partial charge in [0.15, 0.2) is 0 Å². The first-order valence-corrected chi connectivity index (χ1v) is 7.36. The van der Waals surface area contributed by atoms with E-state index in [2.05, 4.69) is 10.3 Å². The Morgan fingerprint density at radius 1 is 1.41 bits per heavy atom. The number of rotatable bonds is 4. The number of carboxylic acids is 1. The highest BCUT2D eigenvalue weighted by Gasteiger charge is 2.30. The number of benzene rings is 1. The number of hydrogen-bond donors (Lipinski definition) is 3. The SMILES string of the molecule is O=C(O)c1ccccc1-c1nccn1CC1(O)CCCNC1. The number of carboxylic acid groups (broad SMARTS) is 1. The van der Waals surface area contributed by atoms with E-state index >= 15 is 0 Å². The second-order valence-corrected chi connectivity index (χ2v) is 5.73. The van der Waals surface area contributed by atoms with Gasteiger partial charge >= 0.3 is 5.97 Å². The lowest BCUT2D eigenvalue weighted by atomic mass is 9.94. The first-order valence-electron chi connectivity index (χ1n) is 7.36. The molecule has 1 atom stereocenters. The van der Waals surface area contributed by atoms with E-state index in [0.29, 0.717) is 24.5 Å². The van der Waals surface area contributed by atoms with Crippen LogP contribution in [0.2, 0.25) is 0 Å². The molecule has 0 aliphatic carbocycles. The molecule has 1 fully saturated rings. The Hall–Kier alpha value is -2.18. The van der Waals surface area contributed by atoms with E-state index in [-0.39, 0.29) is 5.56 Å². The molecule has 1 saturated heterocycles. The molecule has 3 N–H and O–H groups in total.